The fraction of sp³-hybridized carbons (Fsp3) is 0.0870. The topological polar surface area (TPSA) is 3.24 Å². The van der Waals surface area contributed by atoms with E-state index < -0.39 is 7.41 Å². The summed E-state index contributed by atoms with van der Waals surface area (Å²) in [5.74, 6) is 0.938. The Morgan fingerprint density at radius 2 is 1.11 bits per heavy atom. The highest BCUT2D eigenvalue weighted by Gasteiger charge is 2.52. The minimum absolute atomic E-state index is 0.832. The van der Waals surface area contributed by atoms with Crippen molar-refractivity contribution < 1.29 is 0 Å². The minimum Gasteiger partial charge on any atom is -0.213 e. The van der Waals surface area contributed by atoms with Gasteiger partial charge in [0.2, 0.25) is 7.41 Å². The van der Waals surface area contributed by atoms with E-state index >= 15 is 0 Å². The highest BCUT2D eigenvalue weighted by Crippen LogP contribution is 2.59. The van der Waals surface area contributed by atoms with E-state index in [1.807, 2.05) is 0 Å². The normalized spacial score (nSPS) is 14.8. The van der Waals surface area contributed by atoms with E-state index in [-0.39, 0.29) is 0 Å². The lowest BCUT2D eigenvalue weighted by atomic mass is 10.4. The van der Waals surface area contributed by atoms with E-state index in [0.717, 1.165) is 16.6 Å². The first-order valence-electron chi connectivity index (χ1n) is 8.99. The Morgan fingerprint density at radius 3 is 1.56 bits per heavy atom. The molecule has 0 radical (unpaired) electrons. The summed E-state index contributed by atoms with van der Waals surface area (Å²) >= 11 is 7.69. The number of hydrogen-bond acceptors (Lipinski definition) is 2. The predicted molar refractivity (Wildman–Crippen MR) is 126 cm³/mol. The molecule has 1 nitrogen and oxygen atoms in total. The minimum atomic E-state index is -2.09. The van der Waals surface area contributed by atoms with E-state index in [0.29, 0.717) is 0 Å². The molecule has 134 valence electrons. The first kappa shape index (κ1) is 18.4. The average Bonchev–Trinajstić information content (AvgIpc) is 2.96. The molecule has 3 aromatic carbocycles. The van der Waals surface area contributed by atoms with Gasteiger partial charge in [-0.05, 0) is 48.6 Å². The van der Waals surface area contributed by atoms with Crippen LogP contribution in [0.1, 0.15) is 0 Å². The van der Waals surface area contributed by atoms with Crippen molar-refractivity contribution in [2.24, 2.45) is 0 Å². The van der Waals surface area contributed by atoms with Crippen LogP contribution in [0.25, 0.3) is 0 Å². The molecule has 0 aliphatic carbocycles. The van der Waals surface area contributed by atoms with E-state index in [1.54, 1.807) is 11.8 Å². The maximum atomic E-state index is 5.94. The maximum Gasteiger partial charge on any atom is 0.204 e. The quantitative estimate of drug-likeness (QED) is 0.349. The molecule has 4 rings (SSSR count). The Morgan fingerprint density at radius 1 is 0.667 bits per heavy atom. The van der Waals surface area contributed by atoms with Gasteiger partial charge in [0.1, 0.15) is 15.9 Å². The average molecular weight is 407 g/mol. The zero-order valence-electron chi connectivity index (χ0n) is 14.9. The molecular weight excluding hydrogens is 385 g/mol. The SMILES string of the molecule is S=C1SCC=CCN1[P+](c1ccccc1)(c1ccccc1)c1ccccc1. The molecule has 1 aliphatic heterocycles. The molecule has 0 bridgehead atoms. The number of thioether (sulfide) groups is 1. The molecule has 0 amide bonds. The molecular formula is C23H21NPS2+. The molecule has 0 unspecified atom stereocenters. The third kappa shape index (κ3) is 3.48. The van der Waals surface area contributed by atoms with Crippen LogP contribution in [0.5, 0.6) is 0 Å². The van der Waals surface area contributed by atoms with E-state index in [4.69, 9.17) is 12.2 Å². The summed E-state index contributed by atoms with van der Waals surface area (Å²) in [7, 11) is -2.09. The van der Waals surface area contributed by atoms with Crippen LogP contribution in [0, 0.1) is 0 Å². The van der Waals surface area contributed by atoms with Crippen LogP contribution in [0.15, 0.2) is 103 Å². The van der Waals surface area contributed by atoms with Crippen LogP contribution in [0.2, 0.25) is 0 Å². The summed E-state index contributed by atoms with van der Waals surface area (Å²) in [5.41, 5.74) is 0. The fourth-order valence-corrected chi connectivity index (χ4v) is 9.46. The van der Waals surface area contributed by atoms with E-state index in [9.17, 15) is 0 Å². The molecule has 0 spiro atoms. The van der Waals surface area contributed by atoms with Crippen LogP contribution in [-0.4, -0.2) is 21.3 Å². The zero-order chi connectivity index (χ0) is 18.5. The number of rotatable bonds is 4. The van der Waals surface area contributed by atoms with Crippen LogP contribution < -0.4 is 15.9 Å². The van der Waals surface area contributed by atoms with Gasteiger partial charge in [0.05, 0.1) is 6.54 Å². The lowest BCUT2D eigenvalue weighted by molar-refractivity contribution is 0.766. The van der Waals surface area contributed by atoms with Crippen molar-refractivity contribution >= 4 is 51.6 Å². The lowest BCUT2D eigenvalue weighted by Gasteiger charge is -2.36. The van der Waals surface area contributed by atoms with Crippen molar-refractivity contribution in [3.05, 3.63) is 103 Å². The summed E-state index contributed by atoms with van der Waals surface area (Å²) in [6.45, 7) is 0.832. The van der Waals surface area contributed by atoms with Crippen molar-refractivity contribution in [3.8, 4) is 0 Å². The first-order valence-corrected chi connectivity index (χ1v) is 12.1. The third-order valence-electron chi connectivity index (χ3n) is 4.71. The van der Waals surface area contributed by atoms with Crippen LogP contribution in [0.4, 0.5) is 0 Å². The monoisotopic (exact) mass is 406 g/mol. The predicted octanol–water partition coefficient (Wildman–Crippen LogP) is 4.79. The van der Waals surface area contributed by atoms with Gasteiger partial charge in [0, 0.05) is 5.75 Å². The van der Waals surface area contributed by atoms with E-state index in [2.05, 4.69) is 108 Å². The van der Waals surface area contributed by atoms with Gasteiger partial charge < -0.3 is 0 Å². The first-order chi connectivity index (χ1) is 13.3. The second kappa shape index (κ2) is 8.39. The van der Waals surface area contributed by atoms with Crippen molar-refractivity contribution in [3.63, 3.8) is 0 Å². The Balaban J connectivity index is 2.06. The molecule has 4 heteroatoms. The summed E-state index contributed by atoms with van der Waals surface area (Å²) in [6.07, 6.45) is 4.49. The second-order valence-corrected chi connectivity index (χ2v) is 11.2. The van der Waals surface area contributed by atoms with Gasteiger partial charge in [0.25, 0.3) is 0 Å². The molecule has 0 aromatic heterocycles. The molecule has 0 saturated heterocycles. The molecule has 0 atom stereocenters. The fourth-order valence-electron chi connectivity index (χ4n) is 3.55. The van der Waals surface area contributed by atoms with E-state index in [1.165, 1.54) is 15.9 Å². The second-order valence-electron chi connectivity index (χ2n) is 6.27. The molecule has 3 aromatic rings. The van der Waals surface area contributed by atoms with Gasteiger partial charge >= 0.3 is 0 Å². The van der Waals surface area contributed by atoms with Gasteiger partial charge in [0.15, 0.2) is 4.32 Å². The van der Waals surface area contributed by atoms with Crippen molar-refractivity contribution in [1.29, 1.82) is 0 Å². The van der Waals surface area contributed by atoms with Gasteiger partial charge in [-0.15, -0.1) is 0 Å². The molecule has 27 heavy (non-hydrogen) atoms. The van der Waals surface area contributed by atoms with Gasteiger partial charge in [-0.25, -0.2) is 4.67 Å². The molecule has 1 aliphatic rings. The molecule has 0 saturated carbocycles. The van der Waals surface area contributed by atoms with Gasteiger partial charge in [-0.1, -0.05) is 78.5 Å². The summed E-state index contributed by atoms with van der Waals surface area (Å²) in [6, 6.07) is 32.7. The standard InChI is InChI=1S/C23H21NPS2/c26-23-24(18-10-11-19-27-23)25(20-12-4-1-5-13-20,21-14-6-2-7-15-21)22-16-8-3-9-17-22/h1-17H,18-19H2/q+1. The summed E-state index contributed by atoms with van der Waals surface area (Å²) < 4.78 is 3.46. The van der Waals surface area contributed by atoms with Crippen molar-refractivity contribution in [2.75, 3.05) is 12.3 Å². The van der Waals surface area contributed by atoms with Crippen LogP contribution >= 0.6 is 31.4 Å². The van der Waals surface area contributed by atoms with Crippen LogP contribution in [0.3, 0.4) is 0 Å². The molecule has 0 fully saturated rings. The summed E-state index contributed by atoms with van der Waals surface area (Å²) in [5, 5.41) is 4.00. The van der Waals surface area contributed by atoms with Crippen LogP contribution in [-0.2, 0) is 0 Å². The Bertz CT molecular complexity index is 830. The number of nitrogens with zero attached hydrogens (tertiary/aromatic N) is 1. The highest BCUT2D eigenvalue weighted by molar-refractivity contribution is 8.23. The number of thiocarbonyl (C=S) groups is 1. The lowest BCUT2D eigenvalue weighted by Crippen LogP contribution is -2.44. The summed E-state index contributed by atoms with van der Waals surface area (Å²) in [4.78, 5) is 0. The number of hydrogen-bond donors (Lipinski definition) is 0. The molecule has 1 heterocycles. The van der Waals surface area contributed by atoms with Gasteiger partial charge in [-0.2, -0.15) is 0 Å². The highest BCUT2D eigenvalue weighted by atomic mass is 32.2. The Labute approximate surface area is 171 Å². The number of benzene rings is 3. The van der Waals surface area contributed by atoms with Crippen molar-refractivity contribution in [1.82, 2.24) is 4.67 Å². The largest absolute Gasteiger partial charge is 0.213 e. The third-order valence-corrected chi connectivity index (χ3v) is 10.6. The Kier molecular flexibility index (Phi) is 5.73. The smallest absolute Gasteiger partial charge is 0.204 e. The Hall–Kier alpha value is -1.93. The molecule has 0 N–H and O–H groups in total. The maximum absolute atomic E-state index is 5.94. The van der Waals surface area contributed by atoms with Gasteiger partial charge in [-0.3, -0.25) is 0 Å². The van der Waals surface area contributed by atoms with Crippen molar-refractivity contribution in [2.45, 2.75) is 0 Å². The zero-order valence-corrected chi connectivity index (χ0v) is 17.5.